The Morgan fingerprint density at radius 1 is 1.32 bits per heavy atom. The highest BCUT2D eigenvalue weighted by Gasteiger charge is 2.27. The Hall–Kier alpha value is -2.48. The molecule has 1 aromatic carbocycles. The monoisotopic (exact) mass is 360 g/mol. The van der Waals surface area contributed by atoms with Gasteiger partial charge in [0, 0.05) is 11.5 Å². The van der Waals surface area contributed by atoms with E-state index in [0.29, 0.717) is 10.1 Å². The first-order chi connectivity index (χ1) is 12.1. The average Bonchev–Trinajstić information content (AvgIpc) is 3.01. The number of hydrogen-bond donors (Lipinski definition) is 2. The molecule has 1 saturated carbocycles. The molecule has 3 rings (SSSR count). The topological polar surface area (TPSA) is 93.2 Å². The van der Waals surface area contributed by atoms with Crippen LogP contribution in [0, 0.1) is 5.92 Å². The highest BCUT2D eigenvalue weighted by molar-refractivity contribution is 7.18. The lowest BCUT2D eigenvalue weighted by Gasteiger charge is -2.25. The van der Waals surface area contributed by atoms with Gasteiger partial charge in [-0.05, 0) is 31.9 Å². The molecule has 0 aliphatic heterocycles. The van der Waals surface area contributed by atoms with Crippen LogP contribution < -0.4 is 15.4 Å². The van der Waals surface area contributed by atoms with Crippen molar-refractivity contribution in [1.29, 1.82) is 0 Å². The van der Waals surface area contributed by atoms with Crippen LogP contribution in [-0.2, 0) is 9.59 Å². The van der Waals surface area contributed by atoms with Gasteiger partial charge in [-0.15, -0.1) is 10.2 Å². The minimum Gasteiger partial charge on any atom is -0.497 e. The molecule has 8 heteroatoms. The first kappa shape index (κ1) is 17.3. The summed E-state index contributed by atoms with van der Waals surface area (Å²) in [5.74, 6) is 0.423. The van der Waals surface area contributed by atoms with E-state index in [-0.39, 0.29) is 17.7 Å². The smallest absolute Gasteiger partial charge is 0.248 e. The Bertz CT molecular complexity index is 773. The maximum absolute atomic E-state index is 12.2. The first-order valence-corrected chi connectivity index (χ1v) is 8.97. The van der Waals surface area contributed by atoms with Crippen LogP contribution in [0.15, 0.2) is 24.3 Å². The van der Waals surface area contributed by atoms with Gasteiger partial charge in [0.25, 0.3) is 0 Å². The predicted molar refractivity (Wildman–Crippen MR) is 95.5 cm³/mol. The molecule has 0 bridgehead atoms. The summed E-state index contributed by atoms with van der Waals surface area (Å²) in [4.78, 5) is 24.1. The molecule has 0 spiro atoms. The van der Waals surface area contributed by atoms with Gasteiger partial charge < -0.3 is 10.1 Å². The van der Waals surface area contributed by atoms with Crippen molar-refractivity contribution in [3.63, 3.8) is 0 Å². The van der Waals surface area contributed by atoms with Gasteiger partial charge in [0.15, 0.2) is 0 Å². The predicted octanol–water partition coefficient (Wildman–Crippen LogP) is 2.46. The summed E-state index contributed by atoms with van der Waals surface area (Å²) in [6.45, 7) is 1.66. The summed E-state index contributed by atoms with van der Waals surface area (Å²) in [7, 11) is 1.60. The minimum absolute atomic E-state index is 0.0523. The number of benzene rings is 1. The molecular weight excluding hydrogens is 340 g/mol. The van der Waals surface area contributed by atoms with Crippen LogP contribution >= 0.6 is 11.3 Å². The maximum Gasteiger partial charge on any atom is 0.248 e. The van der Waals surface area contributed by atoms with Crippen LogP contribution in [0.25, 0.3) is 10.6 Å². The Labute approximate surface area is 149 Å². The van der Waals surface area contributed by atoms with Gasteiger partial charge in [-0.1, -0.05) is 29.9 Å². The zero-order valence-corrected chi connectivity index (χ0v) is 14.9. The van der Waals surface area contributed by atoms with Crippen molar-refractivity contribution in [3.8, 4) is 16.3 Å². The number of ether oxygens (including phenoxy) is 1. The third kappa shape index (κ3) is 4.14. The summed E-state index contributed by atoms with van der Waals surface area (Å²) >= 11 is 1.27. The molecule has 1 atom stereocenters. The van der Waals surface area contributed by atoms with E-state index in [1.54, 1.807) is 14.0 Å². The van der Waals surface area contributed by atoms with E-state index in [4.69, 9.17) is 4.74 Å². The molecule has 0 radical (unpaired) electrons. The Kier molecular flexibility index (Phi) is 5.28. The molecule has 1 heterocycles. The van der Waals surface area contributed by atoms with E-state index in [1.807, 2.05) is 24.3 Å². The molecule has 132 valence electrons. The van der Waals surface area contributed by atoms with E-state index >= 15 is 0 Å². The van der Waals surface area contributed by atoms with Crippen LogP contribution in [0.5, 0.6) is 5.75 Å². The molecular formula is C17H20N4O3S. The van der Waals surface area contributed by atoms with E-state index in [2.05, 4.69) is 20.8 Å². The number of aromatic nitrogens is 2. The summed E-state index contributed by atoms with van der Waals surface area (Å²) in [6.07, 6.45) is 2.89. The number of carbonyl (C=O) groups is 2. The van der Waals surface area contributed by atoms with Crippen LogP contribution in [-0.4, -0.2) is 35.2 Å². The highest BCUT2D eigenvalue weighted by Crippen LogP contribution is 2.29. The fraction of sp³-hybridized carbons (Fsp3) is 0.412. The Morgan fingerprint density at radius 3 is 2.80 bits per heavy atom. The van der Waals surface area contributed by atoms with Gasteiger partial charge in [-0.3, -0.25) is 14.9 Å². The molecule has 0 saturated heterocycles. The Morgan fingerprint density at radius 2 is 2.12 bits per heavy atom. The van der Waals surface area contributed by atoms with Crippen LogP contribution in [0.3, 0.4) is 0 Å². The molecule has 1 aliphatic rings. The van der Waals surface area contributed by atoms with E-state index in [1.165, 1.54) is 11.3 Å². The molecule has 2 aromatic rings. The second kappa shape index (κ2) is 7.60. The van der Waals surface area contributed by atoms with Gasteiger partial charge in [0.1, 0.15) is 16.8 Å². The number of nitrogens with one attached hydrogen (secondary N) is 2. The second-order valence-corrected chi connectivity index (χ2v) is 6.97. The maximum atomic E-state index is 12.2. The van der Waals surface area contributed by atoms with Crippen LogP contribution in [0.2, 0.25) is 0 Å². The Balaban J connectivity index is 1.60. The standard InChI is InChI=1S/C17H20N4O3S/c1-10(18-15(23)11-5-3-6-11)14(22)19-17-21-20-16(25-17)12-7-4-8-13(9-12)24-2/h4,7-11H,3,5-6H2,1-2H3,(H,18,23)(H,19,21,22)/t10-/m1/s1. The number of anilines is 1. The van der Waals surface area contributed by atoms with Gasteiger partial charge in [-0.2, -0.15) is 0 Å². The number of nitrogens with zero attached hydrogens (tertiary/aromatic N) is 2. The molecule has 1 aliphatic carbocycles. The summed E-state index contributed by atoms with van der Waals surface area (Å²) in [5, 5.41) is 14.6. The van der Waals surface area contributed by atoms with Gasteiger partial charge in [-0.25, -0.2) is 0 Å². The van der Waals surface area contributed by atoms with Gasteiger partial charge in [0.2, 0.25) is 16.9 Å². The van der Waals surface area contributed by atoms with E-state index in [0.717, 1.165) is 30.6 Å². The number of rotatable bonds is 6. The normalized spacial score (nSPS) is 15.1. The van der Waals surface area contributed by atoms with Crippen molar-refractivity contribution < 1.29 is 14.3 Å². The fourth-order valence-electron chi connectivity index (χ4n) is 2.43. The van der Waals surface area contributed by atoms with Gasteiger partial charge in [0.05, 0.1) is 7.11 Å². The third-order valence-electron chi connectivity index (χ3n) is 4.20. The number of amides is 2. The molecule has 1 fully saturated rings. The molecule has 25 heavy (non-hydrogen) atoms. The number of hydrogen-bond acceptors (Lipinski definition) is 6. The zero-order chi connectivity index (χ0) is 17.8. The highest BCUT2D eigenvalue weighted by atomic mass is 32.1. The SMILES string of the molecule is COc1cccc(-c2nnc(NC(=O)[C@@H](C)NC(=O)C3CCC3)s2)c1. The van der Waals surface area contributed by atoms with Crippen LogP contribution in [0.4, 0.5) is 5.13 Å². The zero-order valence-electron chi connectivity index (χ0n) is 14.1. The lowest BCUT2D eigenvalue weighted by Crippen LogP contribution is -2.45. The second-order valence-electron chi connectivity index (χ2n) is 5.99. The third-order valence-corrected chi connectivity index (χ3v) is 5.09. The largest absolute Gasteiger partial charge is 0.497 e. The summed E-state index contributed by atoms with van der Waals surface area (Å²) in [5.41, 5.74) is 0.865. The number of methoxy groups -OCH3 is 1. The number of carbonyl (C=O) groups excluding carboxylic acids is 2. The van der Waals surface area contributed by atoms with Crippen molar-refractivity contribution in [2.24, 2.45) is 5.92 Å². The van der Waals surface area contributed by atoms with Crippen molar-refractivity contribution in [3.05, 3.63) is 24.3 Å². The van der Waals surface area contributed by atoms with Crippen molar-refractivity contribution in [1.82, 2.24) is 15.5 Å². The molecule has 7 nitrogen and oxygen atoms in total. The van der Waals surface area contributed by atoms with Gasteiger partial charge >= 0.3 is 0 Å². The van der Waals surface area contributed by atoms with E-state index < -0.39 is 6.04 Å². The average molecular weight is 360 g/mol. The molecule has 2 N–H and O–H groups in total. The quantitative estimate of drug-likeness (QED) is 0.825. The van der Waals surface area contributed by atoms with Crippen LogP contribution in [0.1, 0.15) is 26.2 Å². The fourth-order valence-corrected chi connectivity index (χ4v) is 3.17. The lowest BCUT2D eigenvalue weighted by atomic mass is 9.84. The molecule has 2 amide bonds. The molecule has 0 unspecified atom stereocenters. The first-order valence-electron chi connectivity index (χ1n) is 8.16. The summed E-state index contributed by atoms with van der Waals surface area (Å²) in [6, 6.07) is 6.85. The molecule has 1 aromatic heterocycles. The minimum atomic E-state index is -0.614. The summed E-state index contributed by atoms with van der Waals surface area (Å²) < 4.78 is 5.20. The van der Waals surface area contributed by atoms with Crippen molar-refractivity contribution in [2.45, 2.75) is 32.2 Å². The van der Waals surface area contributed by atoms with Crippen molar-refractivity contribution >= 4 is 28.3 Å². The lowest BCUT2D eigenvalue weighted by molar-refractivity contribution is -0.130. The van der Waals surface area contributed by atoms with Crippen molar-refractivity contribution in [2.75, 3.05) is 12.4 Å². The van der Waals surface area contributed by atoms with E-state index in [9.17, 15) is 9.59 Å².